The third-order valence-electron chi connectivity index (χ3n) is 2.35. The van der Waals surface area contributed by atoms with E-state index in [1.165, 1.54) is 13.3 Å². The van der Waals surface area contributed by atoms with E-state index in [2.05, 4.69) is 32.9 Å². The highest BCUT2D eigenvalue weighted by molar-refractivity contribution is 14.1. The molecule has 0 aliphatic heterocycles. The molecule has 1 amide bonds. The highest BCUT2D eigenvalue weighted by atomic mass is 127. The van der Waals surface area contributed by atoms with Crippen LogP contribution in [0.25, 0.3) is 0 Å². The van der Waals surface area contributed by atoms with E-state index in [4.69, 9.17) is 4.74 Å². The predicted octanol–water partition coefficient (Wildman–Crippen LogP) is 2.95. The van der Waals surface area contributed by atoms with Gasteiger partial charge >= 0.3 is 0 Å². The normalized spacial score (nSPS) is 9.89. The van der Waals surface area contributed by atoms with E-state index < -0.39 is 0 Å². The zero-order valence-corrected chi connectivity index (χ0v) is 11.8. The molecule has 0 aliphatic rings. The Labute approximate surface area is 119 Å². The van der Waals surface area contributed by atoms with Crippen LogP contribution in [0.1, 0.15) is 10.4 Å². The number of hydrogen-bond acceptors (Lipinski definition) is 3. The van der Waals surface area contributed by atoms with Crippen LogP contribution in [0.2, 0.25) is 0 Å². The van der Waals surface area contributed by atoms with E-state index in [0.717, 1.165) is 9.26 Å². The van der Waals surface area contributed by atoms with Gasteiger partial charge in [-0.1, -0.05) is 0 Å². The third kappa shape index (κ3) is 2.98. The maximum absolute atomic E-state index is 12.1. The summed E-state index contributed by atoms with van der Waals surface area (Å²) in [5.41, 5.74) is 1.21. The molecule has 0 aliphatic carbocycles. The molecule has 0 saturated heterocycles. The molecule has 0 bridgehead atoms. The number of carbonyl (C=O) groups excluding carboxylic acids is 1. The standard InChI is InChI=1S/C13H11IN2O2/c1-18-12-8-15-7-6-11(12)13(17)16-10-4-2-9(14)3-5-10/h2-8H,1H3,(H,16,17). The molecule has 1 heterocycles. The number of methoxy groups -OCH3 is 1. The number of anilines is 1. The number of aromatic nitrogens is 1. The second-order valence-corrected chi connectivity index (χ2v) is 4.78. The molecule has 0 saturated carbocycles. The van der Waals surface area contributed by atoms with E-state index in [1.54, 1.807) is 12.3 Å². The number of nitrogens with zero attached hydrogens (tertiary/aromatic N) is 1. The highest BCUT2D eigenvalue weighted by Crippen LogP contribution is 2.18. The van der Waals surface area contributed by atoms with Gasteiger partial charge in [-0.25, -0.2) is 0 Å². The fourth-order valence-electron chi connectivity index (χ4n) is 1.46. The number of amides is 1. The van der Waals surface area contributed by atoms with Crippen molar-refractivity contribution in [3.63, 3.8) is 0 Å². The van der Waals surface area contributed by atoms with Crippen molar-refractivity contribution in [3.05, 3.63) is 51.9 Å². The van der Waals surface area contributed by atoms with Gasteiger partial charge in [-0.05, 0) is 52.9 Å². The first kappa shape index (κ1) is 12.8. The summed E-state index contributed by atoms with van der Waals surface area (Å²) >= 11 is 2.21. The van der Waals surface area contributed by atoms with Gasteiger partial charge < -0.3 is 10.1 Å². The van der Waals surface area contributed by atoms with Gasteiger partial charge in [0.15, 0.2) is 0 Å². The van der Waals surface area contributed by atoms with Gasteiger partial charge in [0, 0.05) is 15.5 Å². The van der Waals surface area contributed by atoms with E-state index in [9.17, 15) is 4.79 Å². The van der Waals surface area contributed by atoms with Crippen molar-refractivity contribution >= 4 is 34.2 Å². The number of nitrogens with one attached hydrogen (secondary N) is 1. The summed E-state index contributed by atoms with van der Waals surface area (Å²) in [5.74, 6) is 0.246. The van der Waals surface area contributed by atoms with Crippen molar-refractivity contribution in [1.29, 1.82) is 0 Å². The van der Waals surface area contributed by atoms with Crippen molar-refractivity contribution in [3.8, 4) is 5.75 Å². The SMILES string of the molecule is COc1cnccc1C(=O)Nc1ccc(I)cc1. The molecule has 0 fully saturated rings. The van der Waals surface area contributed by atoms with Crippen LogP contribution in [0.15, 0.2) is 42.7 Å². The lowest BCUT2D eigenvalue weighted by atomic mass is 10.2. The molecule has 92 valence electrons. The minimum atomic E-state index is -0.213. The molecule has 0 radical (unpaired) electrons. The van der Waals surface area contributed by atoms with Gasteiger partial charge in [0.2, 0.25) is 0 Å². The number of rotatable bonds is 3. The summed E-state index contributed by atoms with van der Waals surface area (Å²) in [7, 11) is 1.51. The summed E-state index contributed by atoms with van der Waals surface area (Å²) in [4.78, 5) is 16.0. The second kappa shape index (κ2) is 5.81. The third-order valence-corrected chi connectivity index (χ3v) is 3.07. The summed E-state index contributed by atoms with van der Waals surface area (Å²) in [6, 6.07) is 9.20. The Bertz CT molecular complexity index is 555. The highest BCUT2D eigenvalue weighted by Gasteiger charge is 2.11. The molecule has 5 heteroatoms. The van der Waals surface area contributed by atoms with Gasteiger partial charge in [0.05, 0.1) is 18.9 Å². The molecule has 2 rings (SSSR count). The first-order chi connectivity index (χ1) is 8.70. The number of ether oxygens (including phenoxy) is 1. The zero-order chi connectivity index (χ0) is 13.0. The molecule has 2 aromatic rings. The molecule has 1 N–H and O–H groups in total. The second-order valence-electron chi connectivity index (χ2n) is 3.54. The molecule has 4 nitrogen and oxygen atoms in total. The smallest absolute Gasteiger partial charge is 0.259 e. The monoisotopic (exact) mass is 354 g/mol. The Morgan fingerprint density at radius 2 is 2.00 bits per heavy atom. The van der Waals surface area contributed by atoms with E-state index in [1.807, 2.05) is 24.3 Å². The van der Waals surface area contributed by atoms with Crippen LogP contribution in [0.5, 0.6) is 5.75 Å². The number of carbonyl (C=O) groups is 1. The lowest BCUT2D eigenvalue weighted by molar-refractivity contribution is 0.102. The van der Waals surface area contributed by atoms with Gasteiger partial charge in [0.25, 0.3) is 5.91 Å². The maximum Gasteiger partial charge on any atom is 0.259 e. The lowest BCUT2D eigenvalue weighted by Gasteiger charge is -2.08. The molecule has 1 aromatic carbocycles. The average molecular weight is 354 g/mol. The van der Waals surface area contributed by atoms with Crippen LogP contribution in [0.4, 0.5) is 5.69 Å². The van der Waals surface area contributed by atoms with Crippen LogP contribution < -0.4 is 10.1 Å². The summed E-state index contributed by atoms with van der Waals surface area (Å²) in [6.45, 7) is 0. The van der Waals surface area contributed by atoms with Crippen molar-refractivity contribution in [2.24, 2.45) is 0 Å². The Hall–Kier alpha value is -1.63. The van der Waals surface area contributed by atoms with Crippen molar-refractivity contribution in [1.82, 2.24) is 4.98 Å². The minimum absolute atomic E-state index is 0.213. The van der Waals surface area contributed by atoms with Crippen LogP contribution >= 0.6 is 22.6 Å². The van der Waals surface area contributed by atoms with Crippen LogP contribution in [-0.4, -0.2) is 18.0 Å². The summed E-state index contributed by atoms with van der Waals surface area (Å²) < 4.78 is 6.22. The molecule has 0 spiro atoms. The number of benzene rings is 1. The quantitative estimate of drug-likeness (QED) is 0.863. The van der Waals surface area contributed by atoms with Gasteiger partial charge in [0.1, 0.15) is 5.75 Å². The molecule has 18 heavy (non-hydrogen) atoms. The van der Waals surface area contributed by atoms with E-state index >= 15 is 0 Å². The fraction of sp³-hybridized carbons (Fsp3) is 0.0769. The molecule has 0 atom stereocenters. The molecule has 0 unspecified atom stereocenters. The van der Waals surface area contributed by atoms with Crippen molar-refractivity contribution in [2.45, 2.75) is 0 Å². The predicted molar refractivity (Wildman–Crippen MR) is 77.9 cm³/mol. The van der Waals surface area contributed by atoms with Crippen LogP contribution in [-0.2, 0) is 0 Å². The molecule has 1 aromatic heterocycles. The zero-order valence-electron chi connectivity index (χ0n) is 9.68. The maximum atomic E-state index is 12.1. The van der Waals surface area contributed by atoms with Crippen molar-refractivity contribution in [2.75, 3.05) is 12.4 Å². The lowest BCUT2D eigenvalue weighted by Crippen LogP contribution is -2.13. The fourth-order valence-corrected chi connectivity index (χ4v) is 1.82. The first-order valence-corrected chi connectivity index (χ1v) is 6.33. The van der Waals surface area contributed by atoms with E-state index in [0.29, 0.717) is 11.3 Å². The number of halogens is 1. The minimum Gasteiger partial charge on any atom is -0.494 e. The Kier molecular flexibility index (Phi) is 4.14. The van der Waals surface area contributed by atoms with Crippen molar-refractivity contribution < 1.29 is 9.53 Å². The first-order valence-electron chi connectivity index (χ1n) is 5.25. The number of pyridine rings is 1. The largest absolute Gasteiger partial charge is 0.494 e. The Morgan fingerprint density at radius 3 is 2.67 bits per heavy atom. The molecular weight excluding hydrogens is 343 g/mol. The number of hydrogen-bond donors (Lipinski definition) is 1. The van der Waals surface area contributed by atoms with Crippen LogP contribution in [0, 0.1) is 3.57 Å². The topological polar surface area (TPSA) is 51.2 Å². The molecular formula is C13H11IN2O2. The average Bonchev–Trinajstić information content (AvgIpc) is 2.41. The van der Waals surface area contributed by atoms with E-state index in [-0.39, 0.29) is 5.91 Å². The summed E-state index contributed by atoms with van der Waals surface area (Å²) in [6.07, 6.45) is 3.08. The van der Waals surface area contributed by atoms with Crippen LogP contribution in [0.3, 0.4) is 0 Å². The Morgan fingerprint density at radius 1 is 1.28 bits per heavy atom. The van der Waals surface area contributed by atoms with Gasteiger partial charge in [-0.15, -0.1) is 0 Å². The van der Waals surface area contributed by atoms with Gasteiger partial charge in [-0.2, -0.15) is 0 Å². The Balaban J connectivity index is 2.19. The van der Waals surface area contributed by atoms with Gasteiger partial charge in [-0.3, -0.25) is 9.78 Å². The summed E-state index contributed by atoms with van der Waals surface area (Å²) in [5, 5.41) is 2.81.